The van der Waals surface area contributed by atoms with Gasteiger partial charge in [-0.2, -0.15) is 0 Å². The molecule has 0 aliphatic heterocycles. The molecule has 4 aromatic rings. The summed E-state index contributed by atoms with van der Waals surface area (Å²) < 4.78 is 21.5. The lowest BCUT2D eigenvalue weighted by Gasteiger charge is -2.20. The Morgan fingerprint density at radius 2 is 1.41 bits per heavy atom. The van der Waals surface area contributed by atoms with Crippen molar-refractivity contribution in [2.45, 2.75) is 40.0 Å². The number of hydrogen-bond acceptors (Lipinski definition) is 7. The zero-order chi connectivity index (χ0) is 28.6. The molecule has 0 aliphatic carbocycles. The van der Waals surface area contributed by atoms with Gasteiger partial charge in [-0.3, -0.25) is 4.98 Å². The first-order valence-corrected chi connectivity index (χ1v) is 13.0. The molecule has 0 fully saturated rings. The van der Waals surface area contributed by atoms with E-state index in [0.717, 1.165) is 23.1 Å². The van der Waals surface area contributed by atoms with Crippen LogP contribution in [0.15, 0.2) is 85.3 Å². The fraction of sp³-hybridized carbons (Fsp3) is 0.281. The molecule has 0 spiro atoms. The van der Waals surface area contributed by atoms with Crippen LogP contribution in [0.4, 0.5) is 0 Å². The topological polar surface area (TPSA) is 79.8 Å². The number of benzene rings is 2. The number of nitrogens with zero attached hydrogens (tertiary/aromatic N) is 2. The normalized spacial score (nSPS) is 10.5. The quantitative estimate of drug-likeness (QED) is 0.207. The molecule has 2 aromatic heterocycles. The number of methoxy groups -OCH3 is 3. The van der Waals surface area contributed by atoms with Crippen molar-refractivity contribution in [2.75, 3.05) is 21.3 Å². The summed E-state index contributed by atoms with van der Waals surface area (Å²) in [5.74, 6) is 2.01. The van der Waals surface area contributed by atoms with Crippen molar-refractivity contribution in [3.63, 3.8) is 0 Å². The Bertz CT molecular complexity index is 1260. The number of aromatic nitrogens is 2. The van der Waals surface area contributed by atoms with E-state index in [1.165, 1.54) is 7.11 Å². The summed E-state index contributed by atoms with van der Waals surface area (Å²) in [5.41, 5.74) is 3.72. The minimum atomic E-state index is -0.394. The van der Waals surface area contributed by atoms with Gasteiger partial charge >= 0.3 is 5.97 Å². The fourth-order valence-electron chi connectivity index (χ4n) is 3.81. The summed E-state index contributed by atoms with van der Waals surface area (Å²) in [4.78, 5) is 20.3. The molecule has 2 aromatic carbocycles. The average Bonchev–Trinajstić information content (AvgIpc) is 3.02. The molecule has 7 nitrogen and oxygen atoms in total. The monoisotopic (exact) mass is 530 g/mol. The third-order valence-electron chi connectivity index (χ3n) is 5.66. The molecule has 39 heavy (non-hydrogen) atoms. The van der Waals surface area contributed by atoms with Crippen molar-refractivity contribution in [3.8, 4) is 23.1 Å². The highest BCUT2D eigenvalue weighted by Crippen LogP contribution is 2.35. The van der Waals surface area contributed by atoms with Gasteiger partial charge in [-0.1, -0.05) is 39.8 Å². The van der Waals surface area contributed by atoms with Crippen LogP contribution in [0.1, 0.15) is 60.7 Å². The first kappa shape index (κ1) is 30.8. The van der Waals surface area contributed by atoms with Crippen LogP contribution < -0.4 is 14.2 Å². The first-order valence-electron chi connectivity index (χ1n) is 13.0. The number of carbonyl (C=O) groups excluding carboxylic acids is 1. The SMILES string of the molecule is CC.CC.COC(=O)c1ccc(Oc2ccc(C(Cc3ccncc3)c3ccc(OC)c(OC)c3)cn2)cc1. The third-order valence-corrected chi connectivity index (χ3v) is 5.66. The van der Waals surface area contributed by atoms with Crippen LogP contribution in [0.25, 0.3) is 0 Å². The van der Waals surface area contributed by atoms with Gasteiger partial charge in [0.2, 0.25) is 5.88 Å². The molecule has 2 heterocycles. The highest BCUT2D eigenvalue weighted by atomic mass is 16.5. The lowest BCUT2D eigenvalue weighted by Crippen LogP contribution is -2.07. The lowest BCUT2D eigenvalue weighted by atomic mass is 9.87. The molecule has 0 saturated carbocycles. The maximum absolute atomic E-state index is 11.6. The number of rotatable bonds is 9. The number of carbonyl (C=O) groups is 1. The average molecular weight is 531 g/mol. The molecule has 4 rings (SSSR count). The van der Waals surface area contributed by atoms with Gasteiger partial charge in [0, 0.05) is 30.6 Å². The second kappa shape index (κ2) is 16.5. The molecular formula is C32H38N2O5. The van der Waals surface area contributed by atoms with Gasteiger partial charge in [0.25, 0.3) is 0 Å². The van der Waals surface area contributed by atoms with Gasteiger partial charge in [0.1, 0.15) is 5.75 Å². The molecule has 0 N–H and O–H groups in total. The maximum atomic E-state index is 11.6. The van der Waals surface area contributed by atoms with E-state index in [-0.39, 0.29) is 5.92 Å². The van der Waals surface area contributed by atoms with Gasteiger partial charge < -0.3 is 18.9 Å². The number of ether oxygens (including phenoxy) is 4. The van der Waals surface area contributed by atoms with Gasteiger partial charge in [0.15, 0.2) is 11.5 Å². The highest BCUT2D eigenvalue weighted by Gasteiger charge is 2.18. The Hall–Kier alpha value is -4.39. The number of hydrogen-bond donors (Lipinski definition) is 0. The number of pyridine rings is 2. The molecule has 0 bridgehead atoms. The lowest BCUT2D eigenvalue weighted by molar-refractivity contribution is 0.0600. The van der Waals surface area contributed by atoms with E-state index >= 15 is 0 Å². The Labute approximate surface area is 231 Å². The van der Waals surface area contributed by atoms with E-state index in [2.05, 4.69) is 9.97 Å². The van der Waals surface area contributed by atoms with E-state index in [0.29, 0.717) is 28.7 Å². The maximum Gasteiger partial charge on any atom is 0.337 e. The molecule has 0 amide bonds. The zero-order valence-corrected chi connectivity index (χ0v) is 23.8. The molecule has 0 aliphatic rings. The van der Waals surface area contributed by atoms with E-state index in [1.54, 1.807) is 50.9 Å². The summed E-state index contributed by atoms with van der Waals surface area (Å²) in [6, 6.07) is 20.5. The minimum absolute atomic E-state index is 0.0260. The van der Waals surface area contributed by atoms with E-state index in [1.807, 2.05) is 76.4 Å². The van der Waals surface area contributed by atoms with Gasteiger partial charge in [0.05, 0.1) is 26.9 Å². The summed E-state index contributed by atoms with van der Waals surface area (Å²) >= 11 is 0. The molecule has 206 valence electrons. The fourth-order valence-corrected chi connectivity index (χ4v) is 3.81. The van der Waals surface area contributed by atoms with Crippen molar-refractivity contribution in [2.24, 2.45) is 0 Å². The van der Waals surface area contributed by atoms with Gasteiger partial charge in [-0.05, 0) is 71.6 Å². The molecule has 0 radical (unpaired) electrons. The highest BCUT2D eigenvalue weighted by molar-refractivity contribution is 5.89. The summed E-state index contributed by atoms with van der Waals surface area (Å²) in [7, 11) is 4.60. The van der Waals surface area contributed by atoms with Crippen molar-refractivity contribution in [3.05, 3.63) is 108 Å². The summed E-state index contributed by atoms with van der Waals surface area (Å²) in [5, 5.41) is 0. The second-order valence-electron chi connectivity index (χ2n) is 7.77. The zero-order valence-electron chi connectivity index (χ0n) is 23.8. The third kappa shape index (κ3) is 8.57. The van der Waals surface area contributed by atoms with Crippen LogP contribution in [-0.2, 0) is 11.2 Å². The summed E-state index contributed by atoms with van der Waals surface area (Å²) in [6.07, 6.45) is 6.17. The Morgan fingerprint density at radius 3 is 1.97 bits per heavy atom. The second-order valence-corrected chi connectivity index (χ2v) is 7.77. The Morgan fingerprint density at radius 1 is 0.769 bits per heavy atom. The van der Waals surface area contributed by atoms with Crippen molar-refractivity contribution >= 4 is 5.97 Å². The van der Waals surface area contributed by atoms with E-state index in [9.17, 15) is 4.79 Å². The summed E-state index contributed by atoms with van der Waals surface area (Å²) in [6.45, 7) is 8.00. The smallest absolute Gasteiger partial charge is 0.337 e. The Kier molecular flexibility index (Phi) is 13.0. The molecule has 0 saturated heterocycles. The van der Waals surface area contributed by atoms with Crippen LogP contribution in [0.3, 0.4) is 0 Å². The minimum Gasteiger partial charge on any atom is -0.493 e. The van der Waals surface area contributed by atoms with Crippen molar-refractivity contribution < 1.29 is 23.7 Å². The van der Waals surface area contributed by atoms with Gasteiger partial charge in [-0.15, -0.1) is 0 Å². The standard InChI is InChI=1S/C28H26N2O5.2C2H6/c1-32-25-10-6-21(17-26(25)33-2)24(16-19-12-14-29-15-13-19)22-7-11-27(30-18-22)35-23-8-4-20(5-9-23)28(31)34-3;2*1-2/h4-15,17-18,24H,16H2,1-3H3;2*1-2H3. The van der Waals surface area contributed by atoms with Crippen LogP contribution >= 0.6 is 0 Å². The van der Waals surface area contributed by atoms with Crippen LogP contribution in [-0.4, -0.2) is 37.3 Å². The van der Waals surface area contributed by atoms with Crippen LogP contribution in [0.2, 0.25) is 0 Å². The van der Waals surface area contributed by atoms with Crippen LogP contribution in [0, 0.1) is 0 Å². The van der Waals surface area contributed by atoms with Crippen LogP contribution in [0.5, 0.6) is 23.1 Å². The largest absolute Gasteiger partial charge is 0.493 e. The number of esters is 1. The molecule has 7 heteroatoms. The molecular weight excluding hydrogens is 492 g/mol. The van der Waals surface area contributed by atoms with Crippen molar-refractivity contribution in [1.82, 2.24) is 9.97 Å². The molecule has 1 atom stereocenters. The Balaban J connectivity index is 0.00000127. The van der Waals surface area contributed by atoms with E-state index in [4.69, 9.17) is 18.9 Å². The first-order chi connectivity index (χ1) is 19.1. The predicted octanol–water partition coefficient (Wildman–Crippen LogP) is 7.50. The van der Waals surface area contributed by atoms with Gasteiger partial charge in [-0.25, -0.2) is 9.78 Å². The van der Waals surface area contributed by atoms with E-state index < -0.39 is 5.97 Å². The predicted molar refractivity (Wildman–Crippen MR) is 154 cm³/mol. The van der Waals surface area contributed by atoms with Crippen molar-refractivity contribution in [1.29, 1.82) is 0 Å². The molecule has 1 unspecified atom stereocenters.